The Balaban J connectivity index is 2.53. The molecule has 2 aromatic rings. The molecule has 0 spiro atoms. The third-order valence-electron chi connectivity index (χ3n) is 1.96. The number of carbonyl (C=O) groups excluding carboxylic acids is 1. The number of carbonyl (C=O) groups is 1. The van der Waals surface area contributed by atoms with E-state index in [9.17, 15) is 9.18 Å². The maximum atomic E-state index is 13.5. The third kappa shape index (κ3) is 1.78. The van der Waals surface area contributed by atoms with E-state index in [1.807, 2.05) is 0 Å². The lowest BCUT2D eigenvalue weighted by Crippen LogP contribution is -1.83. The number of furan rings is 1. The maximum Gasteiger partial charge on any atom is 0.185 e. The molecule has 76 valence electrons. The first-order valence-electron chi connectivity index (χ1n) is 4.22. The van der Waals surface area contributed by atoms with Gasteiger partial charge < -0.3 is 4.42 Å². The summed E-state index contributed by atoms with van der Waals surface area (Å²) in [5, 5.41) is 0.0246. The zero-order chi connectivity index (χ0) is 10.8. The number of halogens is 2. The zero-order valence-electron chi connectivity index (χ0n) is 7.54. The Morgan fingerprint density at radius 1 is 1.27 bits per heavy atom. The van der Waals surface area contributed by atoms with Gasteiger partial charge in [0.25, 0.3) is 0 Å². The molecule has 2 rings (SSSR count). The van der Waals surface area contributed by atoms with Gasteiger partial charge in [-0.2, -0.15) is 0 Å². The smallest absolute Gasteiger partial charge is 0.185 e. The van der Waals surface area contributed by atoms with Crippen molar-refractivity contribution in [1.82, 2.24) is 0 Å². The lowest BCUT2D eigenvalue weighted by atomic mass is 10.1. The van der Waals surface area contributed by atoms with Crippen molar-refractivity contribution in [3.8, 4) is 11.3 Å². The number of hydrogen-bond acceptors (Lipinski definition) is 2. The van der Waals surface area contributed by atoms with Crippen LogP contribution in [0.4, 0.5) is 4.39 Å². The monoisotopic (exact) mass is 224 g/mol. The van der Waals surface area contributed by atoms with Crippen LogP contribution in [0.25, 0.3) is 11.3 Å². The van der Waals surface area contributed by atoms with E-state index in [4.69, 9.17) is 16.0 Å². The highest BCUT2D eigenvalue weighted by atomic mass is 35.5. The van der Waals surface area contributed by atoms with Crippen molar-refractivity contribution in [2.45, 2.75) is 0 Å². The van der Waals surface area contributed by atoms with Gasteiger partial charge in [-0.25, -0.2) is 4.39 Å². The zero-order valence-corrected chi connectivity index (χ0v) is 8.29. The molecule has 2 nitrogen and oxygen atoms in total. The molecule has 15 heavy (non-hydrogen) atoms. The van der Waals surface area contributed by atoms with Gasteiger partial charge >= 0.3 is 0 Å². The second-order valence-corrected chi connectivity index (χ2v) is 3.33. The van der Waals surface area contributed by atoms with Crippen molar-refractivity contribution in [1.29, 1.82) is 0 Å². The van der Waals surface area contributed by atoms with Crippen molar-refractivity contribution in [3.63, 3.8) is 0 Å². The first-order valence-corrected chi connectivity index (χ1v) is 4.59. The Hall–Kier alpha value is -1.61. The molecule has 0 radical (unpaired) electrons. The molecule has 0 saturated carbocycles. The number of aldehydes is 1. The summed E-state index contributed by atoms with van der Waals surface area (Å²) in [7, 11) is 0. The lowest BCUT2D eigenvalue weighted by molar-refractivity contribution is 0.110. The Morgan fingerprint density at radius 2 is 2.07 bits per heavy atom. The van der Waals surface area contributed by atoms with E-state index in [0.29, 0.717) is 6.29 Å². The minimum atomic E-state index is -0.550. The molecule has 0 N–H and O–H groups in total. The van der Waals surface area contributed by atoms with Gasteiger partial charge in [-0.05, 0) is 24.3 Å². The molecule has 0 atom stereocenters. The Morgan fingerprint density at radius 3 is 2.73 bits per heavy atom. The molecule has 0 saturated heterocycles. The van der Waals surface area contributed by atoms with E-state index < -0.39 is 5.82 Å². The molecule has 0 fully saturated rings. The largest absolute Gasteiger partial charge is 0.453 e. The first-order chi connectivity index (χ1) is 7.22. The Kier molecular flexibility index (Phi) is 2.56. The summed E-state index contributed by atoms with van der Waals surface area (Å²) in [4.78, 5) is 10.4. The summed E-state index contributed by atoms with van der Waals surface area (Å²) >= 11 is 5.62. The quantitative estimate of drug-likeness (QED) is 0.731. The van der Waals surface area contributed by atoms with Gasteiger partial charge in [0.15, 0.2) is 17.9 Å². The van der Waals surface area contributed by atoms with E-state index in [0.717, 1.165) is 0 Å². The van der Waals surface area contributed by atoms with Crippen molar-refractivity contribution in [2.75, 3.05) is 0 Å². The van der Waals surface area contributed by atoms with Gasteiger partial charge in [-0.3, -0.25) is 4.79 Å². The topological polar surface area (TPSA) is 30.2 Å². The molecule has 0 unspecified atom stereocenters. The van der Waals surface area contributed by atoms with Gasteiger partial charge in [-0.1, -0.05) is 17.7 Å². The predicted octanol–water partition coefficient (Wildman–Crippen LogP) is 3.55. The molecule has 1 aromatic heterocycles. The summed E-state index contributed by atoms with van der Waals surface area (Å²) in [6.07, 6.45) is 0.561. The molecule has 0 amide bonds. The predicted molar refractivity (Wildman–Crippen MR) is 54.5 cm³/mol. The van der Waals surface area contributed by atoms with Gasteiger partial charge in [0, 0.05) is 0 Å². The fourth-order valence-corrected chi connectivity index (χ4v) is 1.43. The number of rotatable bonds is 2. The molecule has 0 aliphatic carbocycles. The summed E-state index contributed by atoms with van der Waals surface area (Å²) < 4.78 is 18.6. The number of benzene rings is 1. The first kappa shape index (κ1) is 9.93. The maximum absolute atomic E-state index is 13.5. The van der Waals surface area contributed by atoms with Gasteiger partial charge in [-0.15, -0.1) is 0 Å². The molecular formula is C11H6ClFO2. The SMILES string of the molecule is O=Cc1ccc(-c2cccc(Cl)c2F)o1. The summed E-state index contributed by atoms with van der Waals surface area (Å²) in [5.41, 5.74) is 0.246. The van der Waals surface area contributed by atoms with Crippen LogP contribution in [0, 0.1) is 5.82 Å². The molecule has 0 bridgehead atoms. The van der Waals surface area contributed by atoms with Crippen molar-refractivity contribution in [3.05, 3.63) is 46.9 Å². The summed E-state index contributed by atoms with van der Waals surface area (Å²) in [6, 6.07) is 7.60. The third-order valence-corrected chi connectivity index (χ3v) is 2.25. The normalized spacial score (nSPS) is 10.3. The van der Waals surface area contributed by atoms with Crippen LogP contribution in [-0.4, -0.2) is 6.29 Å². The van der Waals surface area contributed by atoms with Gasteiger partial charge in [0.2, 0.25) is 0 Å². The van der Waals surface area contributed by atoms with Crippen LogP contribution in [-0.2, 0) is 0 Å². The van der Waals surface area contributed by atoms with Crippen LogP contribution in [0.5, 0.6) is 0 Å². The van der Waals surface area contributed by atoms with E-state index in [2.05, 4.69) is 0 Å². The van der Waals surface area contributed by atoms with Crippen LogP contribution in [0.3, 0.4) is 0 Å². The van der Waals surface area contributed by atoms with E-state index in [1.54, 1.807) is 6.07 Å². The second-order valence-electron chi connectivity index (χ2n) is 2.92. The van der Waals surface area contributed by atoms with Crippen molar-refractivity contribution in [2.24, 2.45) is 0 Å². The van der Waals surface area contributed by atoms with Gasteiger partial charge in [0.05, 0.1) is 10.6 Å². The Bertz CT molecular complexity index is 505. The highest BCUT2D eigenvalue weighted by Crippen LogP contribution is 2.28. The molecule has 0 aliphatic heterocycles. The molecule has 1 aromatic carbocycles. The fourth-order valence-electron chi connectivity index (χ4n) is 1.26. The van der Waals surface area contributed by atoms with Crippen molar-refractivity contribution < 1.29 is 13.6 Å². The Labute approximate surface area is 90.3 Å². The molecule has 4 heteroatoms. The molecule has 0 aliphatic rings. The lowest BCUT2D eigenvalue weighted by Gasteiger charge is -2.00. The van der Waals surface area contributed by atoms with E-state index >= 15 is 0 Å². The number of hydrogen-bond donors (Lipinski definition) is 0. The van der Waals surface area contributed by atoms with Crippen LogP contribution < -0.4 is 0 Å². The van der Waals surface area contributed by atoms with Crippen LogP contribution in [0.2, 0.25) is 5.02 Å². The highest BCUT2D eigenvalue weighted by molar-refractivity contribution is 6.31. The fraction of sp³-hybridized carbons (Fsp3) is 0. The molecular weight excluding hydrogens is 219 g/mol. The minimum Gasteiger partial charge on any atom is -0.453 e. The standard InChI is InChI=1S/C11H6ClFO2/c12-9-3-1-2-8(11(9)13)10-5-4-7(6-14)15-10/h1-6H. The average Bonchev–Trinajstić information content (AvgIpc) is 2.70. The van der Waals surface area contributed by atoms with E-state index in [1.165, 1.54) is 24.3 Å². The van der Waals surface area contributed by atoms with Crippen LogP contribution in [0.15, 0.2) is 34.7 Å². The molecule has 1 heterocycles. The second kappa shape index (κ2) is 3.87. The van der Waals surface area contributed by atoms with Crippen LogP contribution in [0.1, 0.15) is 10.6 Å². The summed E-state index contributed by atoms with van der Waals surface area (Å²) in [6.45, 7) is 0. The van der Waals surface area contributed by atoms with E-state index in [-0.39, 0.29) is 22.1 Å². The average molecular weight is 225 g/mol. The minimum absolute atomic E-state index is 0.0246. The van der Waals surface area contributed by atoms with Gasteiger partial charge in [0.1, 0.15) is 5.76 Å². The summed E-state index contributed by atoms with van der Waals surface area (Å²) in [5.74, 6) is -0.104. The van der Waals surface area contributed by atoms with Crippen LogP contribution >= 0.6 is 11.6 Å². The highest BCUT2D eigenvalue weighted by Gasteiger charge is 2.11. The van der Waals surface area contributed by atoms with Crippen molar-refractivity contribution >= 4 is 17.9 Å².